The van der Waals surface area contributed by atoms with Gasteiger partial charge in [-0.2, -0.15) is 0 Å². The van der Waals surface area contributed by atoms with Crippen LogP contribution in [0.4, 0.5) is 4.79 Å². The van der Waals surface area contributed by atoms with E-state index in [1.807, 2.05) is 24.3 Å². The molecule has 2 aliphatic rings. The number of imide groups is 1. The predicted molar refractivity (Wildman–Crippen MR) is 109 cm³/mol. The molecule has 7 heteroatoms. The minimum Gasteiger partial charge on any atom is -0.393 e. The molecule has 1 saturated heterocycles. The molecule has 1 aromatic carbocycles. The Bertz CT molecular complexity index is 791. The molecule has 2 fully saturated rings. The summed E-state index contributed by atoms with van der Waals surface area (Å²) in [6, 6.07) is 7.06. The topological polar surface area (TPSA) is 98.7 Å². The van der Waals surface area contributed by atoms with E-state index >= 15 is 0 Å². The minimum absolute atomic E-state index is 0.0122. The lowest BCUT2D eigenvalue weighted by Gasteiger charge is -2.27. The third-order valence-corrected chi connectivity index (χ3v) is 5.97. The average molecular weight is 402 g/mol. The maximum Gasteiger partial charge on any atom is 0.325 e. The number of aliphatic hydroxyl groups is 1. The third-order valence-electron chi connectivity index (χ3n) is 5.97. The van der Waals surface area contributed by atoms with Crippen molar-refractivity contribution in [1.29, 1.82) is 0 Å². The number of carbonyl (C=O) groups is 3. The Morgan fingerprint density at radius 1 is 1.17 bits per heavy atom. The van der Waals surface area contributed by atoms with Crippen LogP contribution < -0.4 is 10.6 Å². The van der Waals surface area contributed by atoms with E-state index in [-0.39, 0.29) is 30.0 Å². The van der Waals surface area contributed by atoms with E-state index in [0.29, 0.717) is 31.2 Å². The highest BCUT2D eigenvalue weighted by Gasteiger charge is 2.49. The highest BCUT2D eigenvalue weighted by molar-refractivity contribution is 6.09. The van der Waals surface area contributed by atoms with Gasteiger partial charge in [-0.05, 0) is 49.1 Å². The van der Waals surface area contributed by atoms with Crippen molar-refractivity contribution in [3.63, 3.8) is 0 Å². The van der Waals surface area contributed by atoms with Gasteiger partial charge in [-0.1, -0.05) is 45.0 Å². The number of carbonyl (C=O) groups excluding carboxylic acids is 3. The SMILES string of the molecule is CC(C)(C)c1ccc(C2(C)NC(=O)N(CC(=O)NC3CCC(O)CC3)C2=O)cc1. The highest BCUT2D eigenvalue weighted by atomic mass is 16.3. The van der Waals surface area contributed by atoms with E-state index in [0.717, 1.165) is 10.5 Å². The van der Waals surface area contributed by atoms with Gasteiger partial charge >= 0.3 is 6.03 Å². The van der Waals surface area contributed by atoms with Crippen molar-refractivity contribution in [2.24, 2.45) is 0 Å². The Labute approximate surface area is 171 Å². The van der Waals surface area contributed by atoms with E-state index < -0.39 is 17.5 Å². The molecular formula is C22H31N3O4. The second kappa shape index (κ2) is 7.78. The number of amides is 4. The molecule has 7 nitrogen and oxygen atoms in total. The van der Waals surface area contributed by atoms with E-state index in [1.54, 1.807) is 6.92 Å². The number of rotatable bonds is 4. The number of nitrogens with zero attached hydrogens (tertiary/aromatic N) is 1. The Balaban J connectivity index is 1.67. The van der Waals surface area contributed by atoms with Gasteiger partial charge in [-0.3, -0.25) is 14.5 Å². The first-order valence-electron chi connectivity index (χ1n) is 10.2. The molecule has 1 aliphatic carbocycles. The summed E-state index contributed by atoms with van der Waals surface area (Å²) in [5.41, 5.74) is 0.619. The Kier molecular flexibility index (Phi) is 5.72. The summed E-state index contributed by atoms with van der Waals surface area (Å²) in [7, 11) is 0. The summed E-state index contributed by atoms with van der Waals surface area (Å²) in [5.74, 6) is -0.789. The molecule has 1 saturated carbocycles. The summed E-state index contributed by atoms with van der Waals surface area (Å²) >= 11 is 0. The van der Waals surface area contributed by atoms with Crippen LogP contribution in [0.3, 0.4) is 0 Å². The van der Waals surface area contributed by atoms with E-state index in [9.17, 15) is 19.5 Å². The molecule has 0 spiro atoms. The fourth-order valence-electron chi connectivity index (χ4n) is 3.98. The van der Waals surface area contributed by atoms with Crippen LogP contribution in [0.1, 0.15) is 64.5 Å². The molecule has 0 radical (unpaired) electrons. The second-order valence-corrected chi connectivity index (χ2v) is 9.35. The van der Waals surface area contributed by atoms with Gasteiger partial charge in [0.05, 0.1) is 6.10 Å². The van der Waals surface area contributed by atoms with E-state index in [4.69, 9.17) is 0 Å². The van der Waals surface area contributed by atoms with Gasteiger partial charge in [0.2, 0.25) is 5.91 Å². The van der Waals surface area contributed by atoms with Crippen molar-refractivity contribution in [1.82, 2.24) is 15.5 Å². The van der Waals surface area contributed by atoms with Gasteiger partial charge in [0.1, 0.15) is 12.1 Å². The molecule has 0 aromatic heterocycles. The van der Waals surface area contributed by atoms with Crippen LogP contribution in [0, 0.1) is 0 Å². The molecule has 1 aromatic rings. The average Bonchev–Trinajstić information content (AvgIpc) is 2.87. The molecule has 1 unspecified atom stereocenters. The maximum atomic E-state index is 13.0. The molecule has 1 atom stereocenters. The zero-order chi connectivity index (χ0) is 21.4. The van der Waals surface area contributed by atoms with E-state index in [1.165, 1.54) is 0 Å². The monoisotopic (exact) mass is 401 g/mol. The fourth-order valence-corrected chi connectivity index (χ4v) is 3.98. The van der Waals surface area contributed by atoms with Crippen molar-refractivity contribution in [3.8, 4) is 0 Å². The molecular weight excluding hydrogens is 370 g/mol. The van der Waals surface area contributed by atoms with Crippen molar-refractivity contribution in [3.05, 3.63) is 35.4 Å². The largest absolute Gasteiger partial charge is 0.393 e. The quantitative estimate of drug-likeness (QED) is 0.674. The standard InChI is InChI=1S/C22H31N3O4/c1-21(2,3)14-5-7-15(8-6-14)22(4)19(28)25(20(29)24-22)13-18(27)23-16-9-11-17(26)12-10-16/h5-8,16-17,26H,9-13H2,1-4H3,(H,23,27)(H,24,29). The zero-order valence-electron chi connectivity index (χ0n) is 17.6. The number of benzene rings is 1. The minimum atomic E-state index is -1.19. The van der Waals surface area contributed by atoms with Crippen LogP contribution in [-0.2, 0) is 20.5 Å². The third kappa shape index (κ3) is 4.45. The van der Waals surface area contributed by atoms with Crippen LogP contribution in [0.5, 0.6) is 0 Å². The van der Waals surface area contributed by atoms with Crippen molar-refractivity contribution in [2.75, 3.05) is 6.54 Å². The van der Waals surface area contributed by atoms with Gasteiger partial charge in [0.25, 0.3) is 5.91 Å². The van der Waals surface area contributed by atoms with Gasteiger partial charge in [0.15, 0.2) is 0 Å². The first-order chi connectivity index (χ1) is 13.5. The molecule has 3 N–H and O–H groups in total. The van der Waals surface area contributed by atoms with Gasteiger partial charge < -0.3 is 15.7 Å². The summed E-state index contributed by atoms with van der Waals surface area (Å²) in [4.78, 5) is 38.8. The molecule has 1 heterocycles. The Hall–Kier alpha value is -2.41. The van der Waals surface area contributed by atoms with Gasteiger partial charge in [-0.15, -0.1) is 0 Å². The first-order valence-corrected chi connectivity index (χ1v) is 10.2. The lowest BCUT2D eigenvalue weighted by atomic mass is 9.84. The van der Waals surface area contributed by atoms with Gasteiger partial charge in [0, 0.05) is 6.04 Å². The summed E-state index contributed by atoms with van der Waals surface area (Å²) < 4.78 is 0. The lowest BCUT2D eigenvalue weighted by molar-refractivity contribution is -0.135. The van der Waals surface area contributed by atoms with Crippen molar-refractivity contribution >= 4 is 17.8 Å². The zero-order valence-corrected chi connectivity index (χ0v) is 17.6. The number of hydrogen-bond acceptors (Lipinski definition) is 4. The van der Waals surface area contributed by atoms with Crippen LogP contribution >= 0.6 is 0 Å². The Morgan fingerprint density at radius 2 is 1.76 bits per heavy atom. The first kappa shape index (κ1) is 21.3. The molecule has 158 valence electrons. The summed E-state index contributed by atoms with van der Waals surface area (Å²) in [6.45, 7) is 7.69. The highest BCUT2D eigenvalue weighted by Crippen LogP contribution is 2.31. The number of urea groups is 1. The van der Waals surface area contributed by atoms with Crippen molar-refractivity contribution in [2.45, 2.75) is 76.5 Å². The van der Waals surface area contributed by atoms with Crippen LogP contribution in [0.2, 0.25) is 0 Å². The van der Waals surface area contributed by atoms with E-state index in [2.05, 4.69) is 31.4 Å². The normalized spacial score (nSPS) is 27.7. The lowest BCUT2D eigenvalue weighted by Crippen LogP contribution is -2.46. The summed E-state index contributed by atoms with van der Waals surface area (Å²) in [5, 5.41) is 15.2. The van der Waals surface area contributed by atoms with Crippen LogP contribution in [0.15, 0.2) is 24.3 Å². The maximum absolute atomic E-state index is 13.0. The number of hydrogen-bond donors (Lipinski definition) is 3. The number of nitrogens with one attached hydrogen (secondary N) is 2. The smallest absolute Gasteiger partial charge is 0.325 e. The predicted octanol–water partition coefficient (Wildman–Crippen LogP) is 2.17. The van der Waals surface area contributed by atoms with Crippen LogP contribution in [0.25, 0.3) is 0 Å². The van der Waals surface area contributed by atoms with Crippen molar-refractivity contribution < 1.29 is 19.5 Å². The molecule has 29 heavy (non-hydrogen) atoms. The molecule has 0 bridgehead atoms. The second-order valence-electron chi connectivity index (χ2n) is 9.35. The molecule has 4 amide bonds. The molecule has 1 aliphatic heterocycles. The van der Waals surface area contributed by atoms with Crippen LogP contribution in [-0.4, -0.2) is 46.5 Å². The molecule has 3 rings (SSSR count). The Morgan fingerprint density at radius 3 is 2.31 bits per heavy atom. The summed E-state index contributed by atoms with van der Waals surface area (Å²) in [6.07, 6.45) is 2.39. The fraction of sp³-hybridized carbons (Fsp3) is 0.591. The van der Waals surface area contributed by atoms with Gasteiger partial charge in [-0.25, -0.2) is 4.79 Å². The number of aliphatic hydroxyl groups excluding tert-OH is 1.